The van der Waals surface area contributed by atoms with Gasteiger partial charge in [0.15, 0.2) is 0 Å². The van der Waals surface area contributed by atoms with E-state index in [2.05, 4.69) is 10.3 Å². The van der Waals surface area contributed by atoms with Crippen LogP contribution in [0, 0.1) is 11.8 Å². The fourth-order valence-electron chi connectivity index (χ4n) is 3.89. The van der Waals surface area contributed by atoms with Crippen LogP contribution in [0.15, 0.2) is 36.0 Å². The SMILES string of the molecule is NC1CCC2CN(C(=O)c3sccc3NC(=O)c3ccncc3)CC12. The highest BCUT2D eigenvalue weighted by Gasteiger charge is 2.43. The van der Waals surface area contributed by atoms with E-state index in [1.54, 1.807) is 30.6 Å². The van der Waals surface area contributed by atoms with Crippen molar-refractivity contribution < 1.29 is 9.59 Å². The number of nitrogens with one attached hydrogen (secondary N) is 1. The topological polar surface area (TPSA) is 88.3 Å². The van der Waals surface area contributed by atoms with Crippen LogP contribution in [0.5, 0.6) is 0 Å². The van der Waals surface area contributed by atoms with Crippen molar-refractivity contribution in [2.45, 2.75) is 18.9 Å². The van der Waals surface area contributed by atoms with E-state index in [-0.39, 0.29) is 17.9 Å². The summed E-state index contributed by atoms with van der Waals surface area (Å²) >= 11 is 1.36. The van der Waals surface area contributed by atoms with E-state index in [4.69, 9.17) is 5.73 Å². The summed E-state index contributed by atoms with van der Waals surface area (Å²) in [4.78, 5) is 31.6. The molecule has 1 saturated carbocycles. The quantitative estimate of drug-likeness (QED) is 0.882. The van der Waals surface area contributed by atoms with Crippen molar-refractivity contribution in [3.63, 3.8) is 0 Å². The summed E-state index contributed by atoms with van der Waals surface area (Å²) < 4.78 is 0. The number of anilines is 1. The summed E-state index contributed by atoms with van der Waals surface area (Å²) in [6.45, 7) is 1.49. The Morgan fingerprint density at radius 1 is 1.20 bits per heavy atom. The van der Waals surface area contributed by atoms with Crippen LogP contribution in [0.4, 0.5) is 5.69 Å². The maximum atomic E-state index is 12.9. The second-order valence-electron chi connectivity index (χ2n) is 6.73. The molecule has 0 spiro atoms. The number of hydrogen-bond acceptors (Lipinski definition) is 5. The van der Waals surface area contributed by atoms with Gasteiger partial charge in [0.2, 0.25) is 0 Å². The van der Waals surface area contributed by atoms with Gasteiger partial charge in [0, 0.05) is 37.1 Å². The largest absolute Gasteiger partial charge is 0.337 e. The molecule has 1 saturated heterocycles. The zero-order valence-corrected chi connectivity index (χ0v) is 14.5. The van der Waals surface area contributed by atoms with Crippen LogP contribution in [-0.2, 0) is 0 Å². The molecule has 7 heteroatoms. The second-order valence-corrected chi connectivity index (χ2v) is 7.64. The molecule has 0 aromatic carbocycles. The van der Waals surface area contributed by atoms with Gasteiger partial charge in [0.25, 0.3) is 11.8 Å². The van der Waals surface area contributed by atoms with Gasteiger partial charge in [0.1, 0.15) is 4.88 Å². The second kappa shape index (κ2) is 6.57. The molecule has 4 rings (SSSR count). The maximum absolute atomic E-state index is 12.9. The highest BCUT2D eigenvalue weighted by molar-refractivity contribution is 7.12. The first kappa shape index (κ1) is 16.2. The van der Waals surface area contributed by atoms with Gasteiger partial charge in [0.05, 0.1) is 5.69 Å². The molecule has 6 nitrogen and oxygen atoms in total. The molecule has 1 aliphatic carbocycles. The summed E-state index contributed by atoms with van der Waals surface area (Å²) in [7, 11) is 0. The van der Waals surface area contributed by atoms with Crippen LogP contribution in [-0.4, -0.2) is 40.8 Å². The Morgan fingerprint density at radius 3 is 2.76 bits per heavy atom. The minimum Gasteiger partial charge on any atom is -0.337 e. The van der Waals surface area contributed by atoms with Crippen LogP contribution in [0.3, 0.4) is 0 Å². The number of carbonyl (C=O) groups excluding carboxylic acids is 2. The highest BCUT2D eigenvalue weighted by Crippen LogP contribution is 2.38. The summed E-state index contributed by atoms with van der Waals surface area (Å²) in [5.74, 6) is 0.685. The lowest BCUT2D eigenvalue weighted by molar-refractivity contribution is 0.0785. The van der Waals surface area contributed by atoms with E-state index >= 15 is 0 Å². The number of aromatic nitrogens is 1. The third kappa shape index (κ3) is 3.05. The van der Waals surface area contributed by atoms with Crippen molar-refractivity contribution in [2.24, 2.45) is 17.6 Å². The Labute approximate surface area is 150 Å². The van der Waals surface area contributed by atoms with Gasteiger partial charge in [-0.1, -0.05) is 0 Å². The molecule has 130 valence electrons. The third-order valence-electron chi connectivity index (χ3n) is 5.25. The molecule has 0 bridgehead atoms. The Kier molecular flexibility index (Phi) is 4.27. The minimum atomic E-state index is -0.241. The van der Waals surface area contributed by atoms with E-state index in [1.165, 1.54) is 11.3 Å². The van der Waals surface area contributed by atoms with Gasteiger partial charge in [-0.15, -0.1) is 11.3 Å². The zero-order chi connectivity index (χ0) is 17.4. The van der Waals surface area contributed by atoms with Crippen LogP contribution < -0.4 is 11.1 Å². The van der Waals surface area contributed by atoms with Gasteiger partial charge < -0.3 is 16.0 Å². The molecular weight excluding hydrogens is 336 g/mol. The van der Waals surface area contributed by atoms with Crippen LogP contribution >= 0.6 is 11.3 Å². The van der Waals surface area contributed by atoms with Gasteiger partial charge in [-0.3, -0.25) is 14.6 Å². The fraction of sp³-hybridized carbons (Fsp3) is 0.389. The number of likely N-dealkylation sites (tertiary alicyclic amines) is 1. The lowest BCUT2D eigenvalue weighted by atomic mass is 9.98. The number of carbonyl (C=O) groups is 2. The molecule has 25 heavy (non-hydrogen) atoms. The van der Waals surface area contributed by atoms with Crippen LogP contribution in [0.1, 0.15) is 32.9 Å². The lowest BCUT2D eigenvalue weighted by Gasteiger charge is -2.19. The average Bonchev–Trinajstić information content (AvgIpc) is 3.33. The third-order valence-corrected chi connectivity index (χ3v) is 6.15. The smallest absolute Gasteiger partial charge is 0.266 e. The number of nitrogens with two attached hydrogens (primary N) is 1. The first-order chi connectivity index (χ1) is 12.1. The van der Waals surface area contributed by atoms with E-state index in [9.17, 15) is 9.59 Å². The summed E-state index contributed by atoms with van der Waals surface area (Å²) in [6, 6.07) is 5.27. The van der Waals surface area contributed by atoms with Gasteiger partial charge >= 0.3 is 0 Å². The van der Waals surface area contributed by atoms with E-state index in [0.29, 0.717) is 28.0 Å². The lowest BCUT2D eigenvalue weighted by Crippen LogP contribution is -2.33. The monoisotopic (exact) mass is 356 g/mol. The number of pyridine rings is 1. The van der Waals surface area contributed by atoms with Crippen molar-refractivity contribution in [2.75, 3.05) is 18.4 Å². The normalized spacial score (nSPS) is 25.0. The Morgan fingerprint density at radius 2 is 2.00 bits per heavy atom. The van der Waals surface area contributed by atoms with Crippen molar-refractivity contribution in [1.29, 1.82) is 0 Å². The molecule has 1 aliphatic heterocycles. The Hall–Kier alpha value is -2.25. The molecule has 3 N–H and O–H groups in total. The Bertz CT molecular complexity index is 791. The maximum Gasteiger partial charge on any atom is 0.266 e. The fourth-order valence-corrected chi connectivity index (χ4v) is 4.70. The molecule has 3 atom stereocenters. The van der Waals surface area contributed by atoms with Gasteiger partial charge in [-0.25, -0.2) is 0 Å². The molecule has 2 aliphatic rings. The van der Waals surface area contributed by atoms with Crippen molar-refractivity contribution >= 4 is 28.8 Å². The molecule has 2 amide bonds. The van der Waals surface area contributed by atoms with Crippen LogP contribution in [0.2, 0.25) is 0 Å². The number of hydrogen-bond donors (Lipinski definition) is 2. The average molecular weight is 356 g/mol. The number of amides is 2. The number of thiophene rings is 1. The number of fused-ring (bicyclic) bond motifs is 1. The first-order valence-corrected chi connectivity index (χ1v) is 9.35. The van der Waals surface area contributed by atoms with Gasteiger partial charge in [-0.2, -0.15) is 0 Å². The molecule has 2 aromatic heterocycles. The van der Waals surface area contributed by atoms with Gasteiger partial charge in [-0.05, 0) is 48.3 Å². The molecule has 2 fully saturated rings. The zero-order valence-electron chi connectivity index (χ0n) is 13.7. The molecular formula is C18H20N4O2S. The molecule has 3 heterocycles. The Balaban J connectivity index is 1.48. The number of rotatable bonds is 3. The van der Waals surface area contributed by atoms with Crippen molar-refractivity contribution in [1.82, 2.24) is 9.88 Å². The highest BCUT2D eigenvalue weighted by atomic mass is 32.1. The van der Waals surface area contributed by atoms with Crippen molar-refractivity contribution in [3.8, 4) is 0 Å². The molecule has 0 radical (unpaired) electrons. The summed E-state index contributed by atoms with van der Waals surface area (Å²) in [6.07, 6.45) is 5.30. The predicted octanol–water partition coefficient (Wildman–Crippen LogP) is 2.20. The van der Waals surface area contributed by atoms with Crippen LogP contribution in [0.25, 0.3) is 0 Å². The standard InChI is InChI=1S/C18H20N4O2S/c19-14-2-1-12-9-22(10-13(12)14)18(24)16-15(5-8-25-16)21-17(23)11-3-6-20-7-4-11/h3-8,12-14H,1-2,9-10,19H2,(H,21,23). The number of nitrogens with zero attached hydrogens (tertiary/aromatic N) is 2. The van der Waals surface area contributed by atoms with E-state index in [1.807, 2.05) is 10.3 Å². The predicted molar refractivity (Wildman–Crippen MR) is 96.6 cm³/mol. The molecule has 2 aromatic rings. The minimum absolute atomic E-state index is 0.0124. The van der Waals surface area contributed by atoms with E-state index in [0.717, 1.165) is 25.9 Å². The summed E-state index contributed by atoms with van der Waals surface area (Å²) in [5, 5.41) is 4.67. The van der Waals surface area contributed by atoms with E-state index < -0.39 is 0 Å². The first-order valence-electron chi connectivity index (χ1n) is 8.47. The summed E-state index contributed by atoms with van der Waals surface area (Å²) in [5.41, 5.74) is 7.25. The molecule has 3 unspecified atom stereocenters. The van der Waals surface area contributed by atoms with Crippen molar-refractivity contribution in [3.05, 3.63) is 46.4 Å².